The van der Waals surface area contributed by atoms with Crippen LogP contribution in [-0.2, 0) is 17.8 Å². The van der Waals surface area contributed by atoms with Gasteiger partial charge in [0.15, 0.2) is 11.6 Å². The molecule has 1 atom stereocenters. The van der Waals surface area contributed by atoms with Gasteiger partial charge in [0, 0.05) is 19.8 Å². The third-order valence-electron chi connectivity index (χ3n) is 5.25. The second kappa shape index (κ2) is 7.57. The van der Waals surface area contributed by atoms with Crippen molar-refractivity contribution in [2.75, 3.05) is 19.8 Å². The van der Waals surface area contributed by atoms with Crippen molar-refractivity contribution in [2.45, 2.75) is 58.2 Å². The number of nitrogens with one attached hydrogen (secondary N) is 1. The summed E-state index contributed by atoms with van der Waals surface area (Å²) in [6.07, 6.45) is 5.66. The Bertz CT molecular complexity index is 677. The third kappa shape index (κ3) is 3.87. The van der Waals surface area contributed by atoms with Gasteiger partial charge in [-0.15, -0.1) is 5.10 Å². The SMILES string of the molecule is Cc1nc([C@@H]2CCCCN2Cc2nnnn2CC2CCOCC2)n[nH]1. The summed E-state index contributed by atoms with van der Waals surface area (Å²) in [7, 11) is 0. The molecule has 2 aliphatic heterocycles. The van der Waals surface area contributed by atoms with E-state index in [-0.39, 0.29) is 6.04 Å². The van der Waals surface area contributed by atoms with Gasteiger partial charge in [-0.25, -0.2) is 9.67 Å². The first-order valence-corrected chi connectivity index (χ1v) is 9.25. The summed E-state index contributed by atoms with van der Waals surface area (Å²) in [6.45, 7) is 6.29. The van der Waals surface area contributed by atoms with E-state index in [1.54, 1.807) is 0 Å². The average molecular weight is 346 g/mol. The minimum Gasteiger partial charge on any atom is -0.381 e. The van der Waals surface area contributed by atoms with Gasteiger partial charge in [0.1, 0.15) is 5.82 Å². The number of aryl methyl sites for hydroxylation is 1. The molecule has 4 rings (SSSR count). The van der Waals surface area contributed by atoms with Crippen molar-refractivity contribution in [3.8, 4) is 0 Å². The first-order chi connectivity index (χ1) is 12.3. The molecule has 0 saturated carbocycles. The Morgan fingerprint density at radius 1 is 1.20 bits per heavy atom. The van der Waals surface area contributed by atoms with Crippen LogP contribution in [0.25, 0.3) is 0 Å². The molecule has 25 heavy (non-hydrogen) atoms. The maximum absolute atomic E-state index is 5.45. The van der Waals surface area contributed by atoms with Crippen molar-refractivity contribution in [3.63, 3.8) is 0 Å². The van der Waals surface area contributed by atoms with Crippen LogP contribution in [0, 0.1) is 12.8 Å². The Morgan fingerprint density at radius 3 is 2.88 bits per heavy atom. The molecule has 0 spiro atoms. The quantitative estimate of drug-likeness (QED) is 0.870. The van der Waals surface area contributed by atoms with Crippen molar-refractivity contribution in [1.82, 2.24) is 40.3 Å². The Hall–Kier alpha value is -1.87. The number of aromatic amines is 1. The van der Waals surface area contributed by atoms with E-state index in [4.69, 9.17) is 4.74 Å². The van der Waals surface area contributed by atoms with Gasteiger partial charge >= 0.3 is 0 Å². The molecule has 2 aliphatic rings. The third-order valence-corrected chi connectivity index (χ3v) is 5.25. The fraction of sp³-hybridized carbons (Fsp3) is 0.812. The number of likely N-dealkylation sites (tertiary alicyclic amines) is 1. The molecule has 2 aromatic heterocycles. The van der Waals surface area contributed by atoms with Crippen LogP contribution in [0.4, 0.5) is 0 Å². The van der Waals surface area contributed by atoms with E-state index in [9.17, 15) is 0 Å². The summed E-state index contributed by atoms with van der Waals surface area (Å²) in [4.78, 5) is 6.96. The van der Waals surface area contributed by atoms with Crippen LogP contribution in [0.5, 0.6) is 0 Å². The molecule has 136 valence electrons. The Balaban J connectivity index is 1.46. The number of H-pyrrole nitrogens is 1. The predicted molar refractivity (Wildman–Crippen MR) is 89.5 cm³/mol. The van der Waals surface area contributed by atoms with Crippen LogP contribution in [0.2, 0.25) is 0 Å². The molecule has 1 N–H and O–H groups in total. The van der Waals surface area contributed by atoms with Crippen LogP contribution in [-0.4, -0.2) is 60.0 Å². The molecule has 4 heterocycles. The van der Waals surface area contributed by atoms with E-state index < -0.39 is 0 Å². The minimum atomic E-state index is 0.243. The summed E-state index contributed by atoms with van der Waals surface area (Å²) in [5.74, 6) is 3.29. The summed E-state index contributed by atoms with van der Waals surface area (Å²) in [5.41, 5.74) is 0. The molecule has 0 aliphatic carbocycles. The van der Waals surface area contributed by atoms with Gasteiger partial charge in [0.25, 0.3) is 0 Å². The summed E-state index contributed by atoms with van der Waals surface area (Å²) >= 11 is 0. The lowest BCUT2D eigenvalue weighted by Crippen LogP contribution is -2.35. The maximum atomic E-state index is 5.45. The molecular formula is C16H26N8O. The molecule has 2 saturated heterocycles. The largest absolute Gasteiger partial charge is 0.381 e. The first-order valence-electron chi connectivity index (χ1n) is 9.25. The highest BCUT2D eigenvalue weighted by atomic mass is 16.5. The van der Waals surface area contributed by atoms with Gasteiger partial charge in [0.2, 0.25) is 0 Å². The number of ether oxygens (including phenoxy) is 1. The molecule has 0 bridgehead atoms. The molecule has 0 aromatic carbocycles. The topological polar surface area (TPSA) is 97.6 Å². The predicted octanol–water partition coefficient (Wildman–Crippen LogP) is 1.25. The zero-order valence-corrected chi connectivity index (χ0v) is 14.8. The fourth-order valence-corrected chi connectivity index (χ4v) is 3.82. The van der Waals surface area contributed by atoms with Crippen molar-refractivity contribution in [3.05, 3.63) is 17.5 Å². The number of hydrogen-bond acceptors (Lipinski definition) is 7. The lowest BCUT2D eigenvalue weighted by atomic mass is 10.0. The van der Waals surface area contributed by atoms with Crippen LogP contribution < -0.4 is 0 Å². The monoisotopic (exact) mass is 346 g/mol. The molecule has 2 aromatic rings. The van der Waals surface area contributed by atoms with Crippen LogP contribution in [0.1, 0.15) is 55.6 Å². The second-order valence-electron chi connectivity index (χ2n) is 7.09. The maximum Gasteiger partial charge on any atom is 0.167 e. The summed E-state index contributed by atoms with van der Waals surface area (Å²) in [5, 5.41) is 19.8. The fourth-order valence-electron chi connectivity index (χ4n) is 3.82. The number of nitrogens with zero attached hydrogens (tertiary/aromatic N) is 7. The minimum absolute atomic E-state index is 0.243. The lowest BCUT2D eigenvalue weighted by molar-refractivity contribution is 0.0589. The van der Waals surface area contributed by atoms with E-state index in [0.717, 1.165) is 69.6 Å². The highest BCUT2D eigenvalue weighted by Gasteiger charge is 2.29. The smallest absolute Gasteiger partial charge is 0.167 e. The van der Waals surface area contributed by atoms with Gasteiger partial charge < -0.3 is 4.74 Å². The van der Waals surface area contributed by atoms with Crippen molar-refractivity contribution >= 4 is 0 Å². The summed E-state index contributed by atoms with van der Waals surface area (Å²) in [6, 6.07) is 0.243. The normalized spacial score (nSPS) is 23.2. The Morgan fingerprint density at radius 2 is 2.08 bits per heavy atom. The van der Waals surface area contributed by atoms with Crippen molar-refractivity contribution < 1.29 is 4.74 Å². The highest BCUT2D eigenvalue weighted by Crippen LogP contribution is 2.30. The van der Waals surface area contributed by atoms with Crippen LogP contribution in [0.3, 0.4) is 0 Å². The van der Waals surface area contributed by atoms with Crippen LogP contribution >= 0.6 is 0 Å². The molecule has 9 heteroatoms. The van der Waals surface area contributed by atoms with Gasteiger partial charge in [-0.2, -0.15) is 5.10 Å². The van der Waals surface area contributed by atoms with E-state index in [1.807, 2.05) is 11.6 Å². The second-order valence-corrected chi connectivity index (χ2v) is 7.09. The molecule has 9 nitrogen and oxygen atoms in total. The van der Waals surface area contributed by atoms with Gasteiger partial charge in [-0.1, -0.05) is 6.42 Å². The zero-order valence-electron chi connectivity index (χ0n) is 14.8. The van der Waals surface area contributed by atoms with Gasteiger partial charge in [-0.05, 0) is 55.5 Å². The number of aromatic nitrogens is 7. The lowest BCUT2D eigenvalue weighted by Gasteiger charge is -2.33. The van der Waals surface area contributed by atoms with E-state index in [0.29, 0.717) is 5.92 Å². The van der Waals surface area contributed by atoms with E-state index in [1.165, 1.54) is 12.8 Å². The molecule has 2 fully saturated rings. The number of rotatable bonds is 5. The average Bonchev–Trinajstić information content (AvgIpc) is 3.26. The van der Waals surface area contributed by atoms with Gasteiger partial charge in [0.05, 0.1) is 12.6 Å². The molecule has 0 amide bonds. The Kier molecular flexibility index (Phi) is 5.02. The van der Waals surface area contributed by atoms with Gasteiger partial charge in [-0.3, -0.25) is 10.00 Å². The standard InChI is InChI=1S/C16H26N8O/c1-12-17-16(20-18-12)14-4-2-3-7-23(14)11-15-19-21-22-24(15)10-13-5-8-25-9-6-13/h13-14H,2-11H2,1H3,(H,17,18,20)/t14-/m0/s1. The van der Waals surface area contributed by atoms with E-state index >= 15 is 0 Å². The number of piperidine rings is 1. The highest BCUT2D eigenvalue weighted by molar-refractivity contribution is 4.99. The molecule has 0 unspecified atom stereocenters. The number of tetrazole rings is 1. The zero-order chi connectivity index (χ0) is 17.1. The molecular weight excluding hydrogens is 320 g/mol. The molecule has 0 radical (unpaired) electrons. The van der Waals surface area contributed by atoms with Crippen molar-refractivity contribution in [1.29, 1.82) is 0 Å². The van der Waals surface area contributed by atoms with Crippen molar-refractivity contribution in [2.24, 2.45) is 5.92 Å². The number of hydrogen-bond donors (Lipinski definition) is 1. The van der Waals surface area contributed by atoms with E-state index in [2.05, 4.69) is 35.6 Å². The summed E-state index contributed by atoms with van der Waals surface area (Å²) < 4.78 is 7.43. The first kappa shape index (κ1) is 16.6. The Labute approximate surface area is 147 Å². The van der Waals surface area contributed by atoms with Crippen LogP contribution in [0.15, 0.2) is 0 Å².